The van der Waals surface area contributed by atoms with E-state index in [0.29, 0.717) is 4.89 Å². The summed E-state index contributed by atoms with van der Waals surface area (Å²) < 4.78 is 8.88. The fourth-order valence-electron chi connectivity index (χ4n) is 0.840. The van der Waals surface area contributed by atoms with Crippen LogP contribution in [0.3, 0.4) is 0 Å². The second-order valence-electron chi connectivity index (χ2n) is 3.08. The number of phosphoric acid groups is 1. The molecule has 0 rings (SSSR count). The molecule has 0 saturated carbocycles. The molecule has 3 N–H and O–H groups in total. The van der Waals surface area contributed by atoms with Gasteiger partial charge in [0.05, 0.1) is 0 Å². The van der Waals surface area contributed by atoms with Crippen molar-refractivity contribution in [3.05, 3.63) is 0 Å². The van der Waals surface area contributed by atoms with Gasteiger partial charge in [-0.2, -0.15) is 0 Å². The summed E-state index contributed by atoms with van der Waals surface area (Å²) in [5, 5.41) is 0. The second-order valence-corrected chi connectivity index (χ2v) is 5.08. The van der Waals surface area contributed by atoms with Crippen molar-refractivity contribution in [3.8, 4) is 0 Å². The van der Waals surface area contributed by atoms with E-state index >= 15 is 0 Å². The van der Waals surface area contributed by atoms with Gasteiger partial charge in [0.15, 0.2) is 0 Å². The van der Waals surface area contributed by atoms with Crippen molar-refractivity contribution in [2.24, 2.45) is 0 Å². The summed E-state index contributed by atoms with van der Waals surface area (Å²) in [5.74, 6) is 0. The quantitative estimate of drug-likeness (QED) is 0.407. The predicted octanol–water partition coefficient (Wildman–Crippen LogP) is 2.38. The van der Waals surface area contributed by atoms with Crippen LogP contribution in [0.15, 0.2) is 0 Å². The summed E-state index contributed by atoms with van der Waals surface area (Å²) in [5.41, 5.74) is 0. The molecule has 0 radical (unpaired) electrons. The van der Waals surface area contributed by atoms with Gasteiger partial charge in [-0.25, -0.2) is 4.57 Å². The Labute approximate surface area is 93.7 Å². The summed E-state index contributed by atoms with van der Waals surface area (Å²) in [6.07, 6.45) is 6.68. The molecule has 0 fully saturated rings. The van der Waals surface area contributed by atoms with Crippen LogP contribution in [0.2, 0.25) is 4.89 Å². The number of hydrogen-bond acceptors (Lipinski definition) is 1. The molecule has 0 aliphatic carbocycles. The molecule has 1 atom stereocenters. The molecule has 0 aromatic rings. The summed E-state index contributed by atoms with van der Waals surface area (Å²) in [6, 6.07) is 0. The van der Waals surface area contributed by atoms with E-state index in [0.717, 1.165) is 0 Å². The van der Waals surface area contributed by atoms with Crippen LogP contribution in [0.5, 0.6) is 0 Å². The number of rotatable bonds is 5. The number of hydrogen-bond donors (Lipinski definition) is 3. The van der Waals surface area contributed by atoms with Gasteiger partial charge in [0.1, 0.15) is 0 Å². The first kappa shape index (κ1) is 17.0. The molecular formula is C8H20NiO4P. The molecular weight excluding hydrogens is 250 g/mol. The molecule has 0 bridgehead atoms. The standard InChI is InChI=1S/C8H17.Ni.H3O4P/c1-3-5-7-8-6-4-2;;1-5(2,3)4/h3H,4-8H2,1-2H3;;(H3,1,2,3,4). The molecule has 0 spiro atoms. The SMILES string of the molecule is CCCCCC[CH](C)[Ni].O=P(O)(O)O. The molecule has 0 heterocycles. The molecule has 4 nitrogen and oxygen atoms in total. The Bertz CT molecular complexity index is 149. The molecule has 6 heteroatoms. The Morgan fingerprint density at radius 3 is 1.93 bits per heavy atom. The molecule has 0 aliphatic rings. The summed E-state index contributed by atoms with van der Waals surface area (Å²) in [6.45, 7) is 4.37. The van der Waals surface area contributed by atoms with Crippen LogP contribution in [0.4, 0.5) is 0 Å². The molecule has 14 heavy (non-hydrogen) atoms. The maximum atomic E-state index is 8.88. The van der Waals surface area contributed by atoms with Gasteiger partial charge in [0, 0.05) is 0 Å². The van der Waals surface area contributed by atoms with Crippen molar-refractivity contribution in [2.75, 3.05) is 0 Å². The molecule has 1 unspecified atom stereocenters. The average molecular weight is 270 g/mol. The minimum Gasteiger partial charge on any atom is -0.303 e. The van der Waals surface area contributed by atoms with Gasteiger partial charge < -0.3 is 14.7 Å². The van der Waals surface area contributed by atoms with Crippen LogP contribution in [-0.4, -0.2) is 14.7 Å². The maximum absolute atomic E-state index is 8.88. The van der Waals surface area contributed by atoms with E-state index in [2.05, 4.69) is 13.8 Å². The fourth-order valence-corrected chi connectivity index (χ4v) is 1.04. The smallest absolute Gasteiger partial charge is 0.303 e. The van der Waals surface area contributed by atoms with Crippen LogP contribution >= 0.6 is 7.82 Å². The van der Waals surface area contributed by atoms with Crippen molar-refractivity contribution < 1.29 is 34.7 Å². The molecule has 0 aliphatic heterocycles. The topological polar surface area (TPSA) is 77.8 Å². The Morgan fingerprint density at radius 2 is 1.64 bits per heavy atom. The normalized spacial score (nSPS) is 13.1. The van der Waals surface area contributed by atoms with Gasteiger partial charge in [0.2, 0.25) is 0 Å². The van der Waals surface area contributed by atoms with E-state index in [1.165, 1.54) is 32.1 Å². The third-order valence-corrected chi connectivity index (χ3v) is 1.72. The average Bonchev–Trinajstić information content (AvgIpc) is 1.94. The third kappa shape index (κ3) is 38.9. The van der Waals surface area contributed by atoms with E-state index in [4.69, 9.17) is 34.7 Å². The Morgan fingerprint density at radius 1 is 1.21 bits per heavy atom. The Kier molecular flexibility index (Phi) is 12.3. The van der Waals surface area contributed by atoms with Gasteiger partial charge in [-0.1, -0.05) is 0 Å². The largest absolute Gasteiger partial charge is 0.466 e. The van der Waals surface area contributed by atoms with Crippen molar-refractivity contribution >= 4 is 7.82 Å². The molecule has 0 amide bonds. The van der Waals surface area contributed by atoms with Gasteiger partial charge in [-0.3, -0.25) is 0 Å². The van der Waals surface area contributed by atoms with E-state index in [1.807, 2.05) is 0 Å². The van der Waals surface area contributed by atoms with Crippen molar-refractivity contribution in [3.63, 3.8) is 0 Å². The fraction of sp³-hybridized carbons (Fsp3) is 1.00. The molecule has 0 aromatic carbocycles. The first-order valence-corrected chi connectivity index (χ1v) is 6.79. The van der Waals surface area contributed by atoms with Crippen LogP contribution in [0.1, 0.15) is 46.0 Å². The maximum Gasteiger partial charge on any atom is 0.466 e. The van der Waals surface area contributed by atoms with Gasteiger partial charge >= 0.3 is 74.1 Å². The van der Waals surface area contributed by atoms with Gasteiger partial charge in [0.25, 0.3) is 0 Å². The zero-order chi connectivity index (χ0) is 11.6. The Balaban J connectivity index is 0. The minimum atomic E-state index is -4.64. The zero-order valence-electron chi connectivity index (χ0n) is 8.63. The third-order valence-electron chi connectivity index (χ3n) is 1.44. The van der Waals surface area contributed by atoms with Gasteiger partial charge in [-0.05, 0) is 0 Å². The van der Waals surface area contributed by atoms with Crippen LogP contribution in [0.25, 0.3) is 0 Å². The van der Waals surface area contributed by atoms with E-state index < -0.39 is 7.82 Å². The summed E-state index contributed by atoms with van der Waals surface area (Å²) in [4.78, 5) is 22.1. The Hall–Kier alpha value is 0.604. The monoisotopic (exact) mass is 269 g/mol. The predicted molar refractivity (Wildman–Crippen MR) is 52.4 cm³/mol. The van der Waals surface area contributed by atoms with Crippen LogP contribution < -0.4 is 0 Å². The first-order chi connectivity index (χ1) is 6.27. The van der Waals surface area contributed by atoms with E-state index in [1.54, 1.807) is 0 Å². The van der Waals surface area contributed by atoms with E-state index in [9.17, 15) is 0 Å². The van der Waals surface area contributed by atoms with Crippen LogP contribution in [-0.2, 0) is 20.0 Å². The zero-order valence-corrected chi connectivity index (χ0v) is 10.5. The first-order valence-electron chi connectivity index (χ1n) is 4.66. The molecule has 0 aromatic heterocycles. The van der Waals surface area contributed by atoms with Crippen molar-refractivity contribution in [1.29, 1.82) is 0 Å². The molecule has 0 saturated heterocycles. The van der Waals surface area contributed by atoms with E-state index in [-0.39, 0.29) is 0 Å². The second kappa shape index (κ2) is 10.1. The summed E-state index contributed by atoms with van der Waals surface area (Å²) >= 11 is 4.76. The minimum absolute atomic E-state index is 0.529. The summed E-state index contributed by atoms with van der Waals surface area (Å²) in [7, 11) is -4.64. The van der Waals surface area contributed by atoms with Gasteiger partial charge in [-0.15, -0.1) is 0 Å². The van der Waals surface area contributed by atoms with Crippen molar-refractivity contribution in [2.45, 2.75) is 50.8 Å². The number of unbranched alkanes of at least 4 members (excludes halogenated alkanes) is 3. The molecule has 91 valence electrons. The van der Waals surface area contributed by atoms with Crippen LogP contribution in [0, 0.1) is 0 Å². The van der Waals surface area contributed by atoms with Crippen molar-refractivity contribution in [1.82, 2.24) is 0 Å².